The van der Waals surface area contributed by atoms with Crippen LogP contribution in [0.1, 0.15) is 18.6 Å². The molecule has 2 heterocycles. The molecular formula is C17H18N2O4S. The summed E-state index contributed by atoms with van der Waals surface area (Å²) in [6, 6.07) is 9.75. The van der Waals surface area contributed by atoms with Gasteiger partial charge in [0.2, 0.25) is 15.9 Å². The van der Waals surface area contributed by atoms with E-state index in [9.17, 15) is 13.2 Å². The summed E-state index contributed by atoms with van der Waals surface area (Å²) in [4.78, 5) is 12.1. The number of furan rings is 1. The number of carbonyl (C=O) groups is 1. The Balaban J connectivity index is 1.72. The van der Waals surface area contributed by atoms with Crippen molar-refractivity contribution in [2.75, 3.05) is 18.4 Å². The molecule has 0 spiro atoms. The molecule has 1 aliphatic heterocycles. The van der Waals surface area contributed by atoms with E-state index in [1.807, 2.05) is 0 Å². The average molecular weight is 346 g/mol. The molecule has 7 heteroatoms. The Bertz CT molecular complexity index is 835. The van der Waals surface area contributed by atoms with Crippen LogP contribution in [0.2, 0.25) is 0 Å². The number of benzene rings is 1. The maximum absolute atomic E-state index is 12.5. The summed E-state index contributed by atoms with van der Waals surface area (Å²) in [7, 11) is -3.50. The maximum Gasteiger partial charge on any atom is 0.248 e. The van der Waals surface area contributed by atoms with Crippen LogP contribution in [-0.2, 0) is 14.8 Å². The molecule has 0 aliphatic carbocycles. The number of anilines is 1. The third-order valence-corrected chi connectivity index (χ3v) is 5.64. The van der Waals surface area contributed by atoms with E-state index < -0.39 is 10.0 Å². The lowest BCUT2D eigenvalue weighted by Gasteiger charge is -2.16. The van der Waals surface area contributed by atoms with Crippen molar-refractivity contribution in [3.63, 3.8) is 0 Å². The van der Waals surface area contributed by atoms with Gasteiger partial charge in [-0.3, -0.25) is 4.79 Å². The summed E-state index contributed by atoms with van der Waals surface area (Å²) in [6.45, 7) is 1.09. The van der Waals surface area contributed by atoms with Gasteiger partial charge in [0.25, 0.3) is 0 Å². The van der Waals surface area contributed by atoms with Gasteiger partial charge in [-0.25, -0.2) is 8.42 Å². The topological polar surface area (TPSA) is 79.6 Å². The van der Waals surface area contributed by atoms with Crippen molar-refractivity contribution in [1.82, 2.24) is 4.31 Å². The van der Waals surface area contributed by atoms with E-state index in [-0.39, 0.29) is 10.8 Å². The zero-order valence-electron chi connectivity index (χ0n) is 13.0. The van der Waals surface area contributed by atoms with Gasteiger partial charge in [0.05, 0.1) is 11.2 Å². The standard InChI is InChI=1S/C17H18N2O4S/c20-17(9-8-15-6-4-12-23-15)18-14-5-3-7-16(13-14)24(21,22)19-10-1-2-11-19/h3-9,12-13H,1-2,10-11H2,(H,18,20). The Kier molecular flexibility index (Phi) is 4.82. The second-order valence-electron chi connectivity index (χ2n) is 5.48. The first-order valence-corrected chi connectivity index (χ1v) is 9.12. The van der Waals surface area contributed by atoms with Gasteiger partial charge in [-0.2, -0.15) is 4.31 Å². The second kappa shape index (κ2) is 7.02. The third-order valence-electron chi connectivity index (χ3n) is 3.75. The SMILES string of the molecule is O=C(C=Cc1ccco1)Nc1cccc(S(=O)(=O)N2CCCC2)c1. The predicted molar refractivity (Wildman–Crippen MR) is 90.8 cm³/mol. The van der Waals surface area contributed by atoms with E-state index in [4.69, 9.17) is 4.42 Å². The molecule has 1 N–H and O–H groups in total. The molecule has 1 fully saturated rings. The van der Waals surface area contributed by atoms with Gasteiger partial charge in [0.1, 0.15) is 5.76 Å². The summed E-state index contributed by atoms with van der Waals surface area (Å²) in [5.41, 5.74) is 0.435. The van der Waals surface area contributed by atoms with Crippen LogP contribution in [0.3, 0.4) is 0 Å². The van der Waals surface area contributed by atoms with Gasteiger partial charge >= 0.3 is 0 Å². The van der Waals surface area contributed by atoms with Crippen LogP contribution in [-0.4, -0.2) is 31.7 Å². The second-order valence-corrected chi connectivity index (χ2v) is 7.41. The van der Waals surface area contributed by atoms with E-state index in [0.717, 1.165) is 12.8 Å². The van der Waals surface area contributed by atoms with Crippen LogP contribution in [0.25, 0.3) is 6.08 Å². The lowest BCUT2D eigenvalue weighted by Crippen LogP contribution is -2.27. The molecule has 0 saturated carbocycles. The predicted octanol–water partition coefficient (Wildman–Crippen LogP) is 2.72. The number of hydrogen-bond acceptors (Lipinski definition) is 4. The third kappa shape index (κ3) is 3.74. The highest BCUT2D eigenvalue weighted by Crippen LogP contribution is 2.23. The van der Waals surface area contributed by atoms with Crippen molar-refractivity contribution in [3.05, 3.63) is 54.5 Å². The molecule has 1 amide bonds. The number of sulfonamides is 1. The lowest BCUT2D eigenvalue weighted by molar-refractivity contribution is -0.111. The van der Waals surface area contributed by atoms with E-state index in [1.165, 1.54) is 22.7 Å². The van der Waals surface area contributed by atoms with Crippen LogP contribution < -0.4 is 5.32 Å². The van der Waals surface area contributed by atoms with Crippen molar-refractivity contribution in [1.29, 1.82) is 0 Å². The first-order chi connectivity index (χ1) is 11.6. The van der Waals surface area contributed by atoms with Crippen LogP contribution in [0.15, 0.2) is 58.1 Å². The summed E-state index contributed by atoms with van der Waals surface area (Å²) in [5, 5.41) is 2.66. The van der Waals surface area contributed by atoms with Crippen molar-refractivity contribution in [2.24, 2.45) is 0 Å². The molecule has 0 atom stereocenters. The quantitative estimate of drug-likeness (QED) is 0.844. The summed E-state index contributed by atoms with van der Waals surface area (Å²) in [5.74, 6) is 0.206. The average Bonchev–Trinajstić information content (AvgIpc) is 3.27. The molecular weight excluding hydrogens is 328 g/mol. The Morgan fingerprint density at radius 2 is 1.96 bits per heavy atom. The first kappa shape index (κ1) is 16.5. The molecule has 0 bridgehead atoms. The molecule has 0 unspecified atom stereocenters. The number of nitrogens with one attached hydrogen (secondary N) is 1. The van der Waals surface area contributed by atoms with Gasteiger partial charge < -0.3 is 9.73 Å². The number of nitrogens with zero attached hydrogens (tertiary/aromatic N) is 1. The van der Waals surface area contributed by atoms with E-state index in [1.54, 1.807) is 36.4 Å². The Hall–Kier alpha value is -2.38. The van der Waals surface area contributed by atoms with Crippen molar-refractivity contribution < 1.29 is 17.6 Å². The number of carbonyl (C=O) groups excluding carboxylic acids is 1. The molecule has 6 nitrogen and oxygen atoms in total. The fraction of sp³-hybridized carbons (Fsp3) is 0.235. The number of rotatable bonds is 5. The first-order valence-electron chi connectivity index (χ1n) is 7.68. The monoisotopic (exact) mass is 346 g/mol. The molecule has 0 radical (unpaired) electrons. The minimum Gasteiger partial charge on any atom is -0.465 e. The zero-order valence-corrected chi connectivity index (χ0v) is 13.8. The normalized spacial score (nSPS) is 15.8. The Morgan fingerprint density at radius 1 is 1.17 bits per heavy atom. The lowest BCUT2D eigenvalue weighted by atomic mass is 10.3. The zero-order chi connectivity index (χ0) is 17.0. The van der Waals surface area contributed by atoms with Crippen LogP contribution >= 0.6 is 0 Å². The fourth-order valence-electron chi connectivity index (χ4n) is 2.54. The summed E-state index contributed by atoms with van der Waals surface area (Å²) in [6.07, 6.45) is 6.16. The van der Waals surface area contributed by atoms with E-state index in [2.05, 4.69) is 5.32 Å². The molecule has 1 aromatic heterocycles. The van der Waals surface area contributed by atoms with Crippen LogP contribution in [0.4, 0.5) is 5.69 Å². The highest BCUT2D eigenvalue weighted by Gasteiger charge is 2.27. The molecule has 126 valence electrons. The summed E-state index contributed by atoms with van der Waals surface area (Å²) >= 11 is 0. The molecule has 1 saturated heterocycles. The molecule has 3 rings (SSSR count). The van der Waals surface area contributed by atoms with Crippen molar-refractivity contribution >= 4 is 27.7 Å². The smallest absolute Gasteiger partial charge is 0.248 e. The fourth-order valence-corrected chi connectivity index (χ4v) is 4.10. The Morgan fingerprint density at radius 3 is 2.67 bits per heavy atom. The highest BCUT2D eigenvalue weighted by atomic mass is 32.2. The molecule has 1 aromatic carbocycles. The van der Waals surface area contributed by atoms with Gasteiger partial charge in [-0.05, 0) is 49.2 Å². The van der Waals surface area contributed by atoms with Gasteiger partial charge in [-0.15, -0.1) is 0 Å². The minimum atomic E-state index is -3.50. The largest absolute Gasteiger partial charge is 0.465 e. The van der Waals surface area contributed by atoms with Crippen molar-refractivity contribution in [3.8, 4) is 0 Å². The van der Waals surface area contributed by atoms with E-state index >= 15 is 0 Å². The van der Waals surface area contributed by atoms with E-state index in [0.29, 0.717) is 24.5 Å². The highest BCUT2D eigenvalue weighted by molar-refractivity contribution is 7.89. The minimum absolute atomic E-state index is 0.192. The van der Waals surface area contributed by atoms with Gasteiger partial charge in [0.15, 0.2) is 0 Å². The number of hydrogen-bond donors (Lipinski definition) is 1. The number of amides is 1. The Labute approximate surface area is 140 Å². The van der Waals surface area contributed by atoms with Crippen molar-refractivity contribution in [2.45, 2.75) is 17.7 Å². The molecule has 24 heavy (non-hydrogen) atoms. The molecule has 1 aliphatic rings. The van der Waals surface area contributed by atoms with Gasteiger partial charge in [-0.1, -0.05) is 6.07 Å². The maximum atomic E-state index is 12.5. The molecule has 2 aromatic rings. The van der Waals surface area contributed by atoms with Gasteiger partial charge in [0, 0.05) is 24.9 Å². The van der Waals surface area contributed by atoms with Crippen LogP contribution in [0, 0.1) is 0 Å². The summed E-state index contributed by atoms with van der Waals surface area (Å²) < 4.78 is 31.7. The van der Waals surface area contributed by atoms with Crippen LogP contribution in [0.5, 0.6) is 0 Å².